The van der Waals surface area contributed by atoms with Crippen molar-refractivity contribution < 1.29 is 0 Å². The van der Waals surface area contributed by atoms with E-state index in [1.165, 1.54) is 19.3 Å². The Bertz CT molecular complexity index is 184. The van der Waals surface area contributed by atoms with Crippen LogP contribution in [0.2, 0.25) is 0 Å². The molecule has 1 N–H and O–H groups in total. The summed E-state index contributed by atoms with van der Waals surface area (Å²) in [5, 5.41) is 3.67. The van der Waals surface area contributed by atoms with Gasteiger partial charge in [-0.05, 0) is 56.4 Å². The van der Waals surface area contributed by atoms with Gasteiger partial charge in [0.25, 0.3) is 0 Å². The van der Waals surface area contributed by atoms with Crippen LogP contribution in [0.1, 0.15) is 58.8 Å². The third-order valence-corrected chi connectivity index (χ3v) is 4.60. The van der Waals surface area contributed by atoms with Crippen molar-refractivity contribution in [3.05, 3.63) is 0 Å². The predicted molar refractivity (Wildman–Crippen MR) is 65.9 cm³/mol. The third kappa shape index (κ3) is 2.75. The molecule has 0 saturated heterocycles. The highest BCUT2D eigenvalue weighted by atomic mass is 14.9. The van der Waals surface area contributed by atoms with Gasteiger partial charge in [0.05, 0.1) is 0 Å². The van der Waals surface area contributed by atoms with Crippen molar-refractivity contribution in [3.63, 3.8) is 0 Å². The van der Waals surface area contributed by atoms with Crippen LogP contribution in [0.25, 0.3) is 0 Å². The summed E-state index contributed by atoms with van der Waals surface area (Å²) < 4.78 is 0. The van der Waals surface area contributed by atoms with E-state index >= 15 is 0 Å². The molecule has 0 aromatic rings. The van der Waals surface area contributed by atoms with Gasteiger partial charge in [0.15, 0.2) is 0 Å². The first kappa shape index (κ1) is 11.4. The molecule has 2 aliphatic carbocycles. The molecule has 88 valence electrons. The average Bonchev–Trinajstić information content (AvgIpc) is 2.80. The molecule has 2 bridgehead atoms. The molecule has 0 aromatic heterocycles. The Balaban J connectivity index is 1.78. The highest BCUT2D eigenvalue weighted by Crippen LogP contribution is 2.50. The zero-order valence-electron chi connectivity index (χ0n) is 10.5. The maximum Gasteiger partial charge on any atom is 0.00695 e. The normalized spacial score (nSPS) is 36.0. The third-order valence-electron chi connectivity index (χ3n) is 4.60. The van der Waals surface area contributed by atoms with Crippen LogP contribution in [0, 0.1) is 17.8 Å². The van der Waals surface area contributed by atoms with Crippen LogP contribution in [0.4, 0.5) is 0 Å². The average molecular weight is 209 g/mol. The molecule has 0 spiro atoms. The zero-order chi connectivity index (χ0) is 10.7. The Labute approximate surface area is 95.0 Å². The van der Waals surface area contributed by atoms with E-state index in [1.54, 1.807) is 25.7 Å². The van der Waals surface area contributed by atoms with Gasteiger partial charge in [-0.1, -0.05) is 26.7 Å². The minimum atomic E-state index is 0.810. The Kier molecular flexibility index (Phi) is 4.07. The van der Waals surface area contributed by atoms with E-state index in [2.05, 4.69) is 19.2 Å². The van der Waals surface area contributed by atoms with Gasteiger partial charge in [-0.25, -0.2) is 0 Å². The van der Waals surface area contributed by atoms with Crippen LogP contribution in [0.3, 0.4) is 0 Å². The van der Waals surface area contributed by atoms with Crippen molar-refractivity contribution in [3.8, 4) is 0 Å². The molecule has 1 heteroatoms. The van der Waals surface area contributed by atoms with Crippen molar-refractivity contribution >= 4 is 0 Å². The maximum atomic E-state index is 3.67. The van der Waals surface area contributed by atoms with Gasteiger partial charge in [0.2, 0.25) is 0 Å². The van der Waals surface area contributed by atoms with Crippen LogP contribution in [0.15, 0.2) is 0 Å². The largest absolute Gasteiger partial charge is 0.314 e. The van der Waals surface area contributed by atoms with Gasteiger partial charge in [0.1, 0.15) is 0 Å². The van der Waals surface area contributed by atoms with Crippen LogP contribution in [0.5, 0.6) is 0 Å². The second-order valence-electron chi connectivity index (χ2n) is 5.71. The smallest absolute Gasteiger partial charge is 0.00695 e. The molecule has 2 aliphatic rings. The molecule has 0 radical (unpaired) electrons. The van der Waals surface area contributed by atoms with Gasteiger partial charge in [-0.15, -0.1) is 0 Å². The summed E-state index contributed by atoms with van der Waals surface area (Å²) in [6, 6.07) is 0.810. The number of nitrogens with one attached hydrogen (secondary N) is 1. The standard InChI is InChI=1S/C14H27N/c1-3-5-14(15-4-2)10-13-9-11-6-7-12(13)8-11/h11-15H,3-10H2,1-2H3. The molecular weight excluding hydrogens is 182 g/mol. The summed E-state index contributed by atoms with van der Waals surface area (Å²) in [6.07, 6.45) is 10.4. The lowest BCUT2D eigenvalue weighted by Gasteiger charge is -2.27. The predicted octanol–water partition coefficient (Wildman–Crippen LogP) is 3.59. The second-order valence-corrected chi connectivity index (χ2v) is 5.71. The lowest BCUT2D eigenvalue weighted by atomic mass is 9.83. The summed E-state index contributed by atoms with van der Waals surface area (Å²) >= 11 is 0. The Morgan fingerprint density at radius 3 is 2.60 bits per heavy atom. The topological polar surface area (TPSA) is 12.0 Å². The minimum Gasteiger partial charge on any atom is -0.314 e. The summed E-state index contributed by atoms with van der Waals surface area (Å²) in [7, 11) is 0. The Morgan fingerprint density at radius 1 is 1.20 bits per heavy atom. The summed E-state index contributed by atoms with van der Waals surface area (Å²) in [5.74, 6) is 3.29. The molecule has 2 fully saturated rings. The van der Waals surface area contributed by atoms with E-state index in [1.807, 2.05) is 0 Å². The first-order chi connectivity index (χ1) is 7.33. The molecule has 4 unspecified atom stereocenters. The van der Waals surface area contributed by atoms with Crippen LogP contribution >= 0.6 is 0 Å². The van der Waals surface area contributed by atoms with Crippen molar-refractivity contribution in [2.45, 2.75) is 64.8 Å². The minimum absolute atomic E-state index is 0.810. The Hall–Kier alpha value is -0.0400. The fourth-order valence-corrected chi connectivity index (χ4v) is 3.97. The van der Waals surface area contributed by atoms with Crippen molar-refractivity contribution in [1.82, 2.24) is 5.32 Å². The first-order valence-corrected chi connectivity index (χ1v) is 7.06. The summed E-state index contributed by atoms with van der Waals surface area (Å²) in [4.78, 5) is 0. The number of hydrogen-bond donors (Lipinski definition) is 1. The van der Waals surface area contributed by atoms with Gasteiger partial charge in [-0.2, -0.15) is 0 Å². The number of rotatable bonds is 6. The molecular formula is C14H27N. The maximum absolute atomic E-state index is 3.67. The molecule has 0 heterocycles. The van der Waals surface area contributed by atoms with Crippen LogP contribution < -0.4 is 5.32 Å². The number of fused-ring (bicyclic) bond motifs is 2. The monoisotopic (exact) mass is 209 g/mol. The molecule has 1 nitrogen and oxygen atoms in total. The van der Waals surface area contributed by atoms with Crippen molar-refractivity contribution in [2.24, 2.45) is 17.8 Å². The molecule has 2 saturated carbocycles. The lowest BCUT2D eigenvalue weighted by Crippen LogP contribution is -2.32. The van der Waals surface area contributed by atoms with Crippen LogP contribution in [-0.2, 0) is 0 Å². The highest BCUT2D eigenvalue weighted by molar-refractivity contribution is 4.91. The Morgan fingerprint density at radius 2 is 2.07 bits per heavy atom. The van der Waals surface area contributed by atoms with E-state index in [9.17, 15) is 0 Å². The quantitative estimate of drug-likeness (QED) is 0.705. The molecule has 0 aliphatic heterocycles. The van der Waals surface area contributed by atoms with Crippen molar-refractivity contribution in [2.75, 3.05) is 6.54 Å². The van der Waals surface area contributed by atoms with E-state index in [0.29, 0.717) is 0 Å². The van der Waals surface area contributed by atoms with E-state index in [4.69, 9.17) is 0 Å². The fraction of sp³-hybridized carbons (Fsp3) is 1.00. The van der Waals surface area contributed by atoms with Gasteiger partial charge < -0.3 is 5.32 Å². The van der Waals surface area contributed by atoms with Crippen LogP contribution in [-0.4, -0.2) is 12.6 Å². The fourth-order valence-electron chi connectivity index (χ4n) is 3.97. The lowest BCUT2D eigenvalue weighted by molar-refractivity contribution is 0.272. The molecule has 4 atom stereocenters. The van der Waals surface area contributed by atoms with Gasteiger partial charge in [0, 0.05) is 6.04 Å². The summed E-state index contributed by atoms with van der Waals surface area (Å²) in [6.45, 7) is 5.69. The van der Waals surface area contributed by atoms with Gasteiger partial charge >= 0.3 is 0 Å². The summed E-state index contributed by atoms with van der Waals surface area (Å²) in [5.41, 5.74) is 0. The SMILES string of the molecule is CCCC(CC1CC2CCC1C2)NCC. The zero-order valence-corrected chi connectivity index (χ0v) is 10.5. The van der Waals surface area contributed by atoms with Gasteiger partial charge in [-0.3, -0.25) is 0 Å². The van der Waals surface area contributed by atoms with Crippen molar-refractivity contribution in [1.29, 1.82) is 0 Å². The van der Waals surface area contributed by atoms with E-state index < -0.39 is 0 Å². The van der Waals surface area contributed by atoms with E-state index in [-0.39, 0.29) is 0 Å². The molecule has 0 amide bonds. The second kappa shape index (κ2) is 5.34. The number of hydrogen-bond acceptors (Lipinski definition) is 1. The first-order valence-electron chi connectivity index (χ1n) is 7.06. The molecule has 15 heavy (non-hydrogen) atoms. The molecule has 2 rings (SSSR count). The molecule has 0 aromatic carbocycles. The van der Waals surface area contributed by atoms with E-state index in [0.717, 1.165) is 30.3 Å². The highest BCUT2D eigenvalue weighted by Gasteiger charge is 2.39.